The van der Waals surface area contributed by atoms with Gasteiger partial charge >= 0.3 is 0 Å². The predicted octanol–water partition coefficient (Wildman–Crippen LogP) is 4.17. The van der Waals surface area contributed by atoms with Crippen LogP contribution < -0.4 is 0 Å². The Morgan fingerprint density at radius 1 is 1.25 bits per heavy atom. The maximum absolute atomic E-state index is 2.39. The Hall–Kier alpha value is -0.260. The summed E-state index contributed by atoms with van der Waals surface area (Å²) in [5.41, 5.74) is 1.58. The largest absolute Gasteiger partial charge is 0.0887 e. The topological polar surface area (TPSA) is 0 Å². The highest BCUT2D eigenvalue weighted by Crippen LogP contribution is 2.31. The summed E-state index contributed by atoms with van der Waals surface area (Å²) in [6.45, 7) is 6.80. The second-order valence-corrected chi connectivity index (χ2v) is 4.47. The van der Waals surface area contributed by atoms with E-state index in [1.807, 2.05) is 0 Å². The van der Waals surface area contributed by atoms with Crippen molar-refractivity contribution in [1.82, 2.24) is 0 Å². The standard InChI is InChI=1S/C12H22/c1-4-10(2)9-12-7-5-11(3)6-8-12/h4,11-12H,5-9H2,1-3H3/b10-4+/t11-,12-. The van der Waals surface area contributed by atoms with Gasteiger partial charge < -0.3 is 0 Å². The van der Waals surface area contributed by atoms with E-state index in [1.54, 1.807) is 5.57 Å². The van der Waals surface area contributed by atoms with Crippen molar-refractivity contribution in [3.63, 3.8) is 0 Å². The summed E-state index contributed by atoms with van der Waals surface area (Å²) < 4.78 is 0. The van der Waals surface area contributed by atoms with Crippen LogP contribution in [0.3, 0.4) is 0 Å². The molecule has 12 heavy (non-hydrogen) atoms. The molecular formula is C12H22. The molecule has 0 heteroatoms. The van der Waals surface area contributed by atoms with Crippen LogP contribution in [0.1, 0.15) is 52.9 Å². The lowest BCUT2D eigenvalue weighted by atomic mass is 9.80. The van der Waals surface area contributed by atoms with Crippen molar-refractivity contribution < 1.29 is 0 Å². The molecule has 0 amide bonds. The van der Waals surface area contributed by atoms with E-state index in [1.165, 1.54) is 32.1 Å². The molecule has 0 aromatic rings. The molecule has 1 aliphatic rings. The van der Waals surface area contributed by atoms with Crippen molar-refractivity contribution in [3.05, 3.63) is 11.6 Å². The first kappa shape index (κ1) is 9.83. The fourth-order valence-corrected chi connectivity index (χ4v) is 2.11. The maximum Gasteiger partial charge on any atom is -0.0295 e. The van der Waals surface area contributed by atoms with Crippen LogP contribution in [0.5, 0.6) is 0 Å². The van der Waals surface area contributed by atoms with Gasteiger partial charge in [-0.3, -0.25) is 0 Å². The van der Waals surface area contributed by atoms with E-state index in [0.717, 1.165) is 11.8 Å². The Balaban J connectivity index is 2.26. The van der Waals surface area contributed by atoms with Crippen LogP contribution in [-0.4, -0.2) is 0 Å². The number of allylic oxidation sites excluding steroid dienone is 2. The van der Waals surface area contributed by atoms with Crippen molar-refractivity contribution >= 4 is 0 Å². The second kappa shape index (κ2) is 4.69. The molecule has 0 heterocycles. The Bertz CT molecular complexity index is 147. The molecule has 0 N–H and O–H groups in total. The van der Waals surface area contributed by atoms with Crippen LogP contribution in [0, 0.1) is 11.8 Å². The Morgan fingerprint density at radius 3 is 2.33 bits per heavy atom. The van der Waals surface area contributed by atoms with Crippen molar-refractivity contribution in [2.75, 3.05) is 0 Å². The predicted molar refractivity (Wildman–Crippen MR) is 55.2 cm³/mol. The highest BCUT2D eigenvalue weighted by atomic mass is 14.2. The monoisotopic (exact) mass is 166 g/mol. The van der Waals surface area contributed by atoms with E-state index < -0.39 is 0 Å². The van der Waals surface area contributed by atoms with E-state index >= 15 is 0 Å². The summed E-state index contributed by atoms with van der Waals surface area (Å²) in [7, 11) is 0. The summed E-state index contributed by atoms with van der Waals surface area (Å²) in [5, 5.41) is 0. The third-order valence-electron chi connectivity index (χ3n) is 3.24. The van der Waals surface area contributed by atoms with E-state index in [0.29, 0.717) is 0 Å². The first-order chi connectivity index (χ1) is 5.72. The van der Waals surface area contributed by atoms with Gasteiger partial charge in [-0.05, 0) is 44.9 Å². The quantitative estimate of drug-likeness (QED) is 0.540. The summed E-state index contributed by atoms with van der Waals surface area (Å²) >= 11 is 0. The molecule has 0 aromatic heterocycles. The van der Waals surface area contributed by atoms with E-state index in [-0.39, 0.29) is 0 Å². The molecule has 1 saturated carbocycles. The van der Waals surface area contributed by atoms with Crippen LogP contribution in [-0.2, 0) is 0 Å². The van der Waals surface area contributed by atoms with Crippen molar-refractivity contribution in [2.45, 2.75) is 52.9 Å². The lowest BCUT2D eigenvalue weighted by Gasteiger charge is -2.26. The average Bonchev–Trinajstić information content (AvgIpc) is 2.09. The first-order valence-corrected chi connectivity index (χ1v) is 5.34. The zero-order chi connectivity index (χ0) is 8.97. The molecule has 1 aliphatic carbocycles. The highest BCUT2D eigenvalue weighted by Gasteiger charge is 2.17. The molecule has 70 valence electrons. The van der Waals surface area contributed by atoms with Gasteiger partial charge in [0.05, 0.1) is 0 Å². The van der Waals surface area contributed by atoms with Crippen LogP contribution >= 0.6 is 0 Å². The highest BCUT2D eigenvalue weighted by molar-refractivity contribution is 4.97. The number of hydrogen-bond acceptors (Lipinski definition) is 0. The van der Waals surface area contributed by atoms with Gasteiger partial charge in [0.15, 0.2) is 0 Å². The lowest BCUT2D eigenvalue weighted by molar-refractivity contribution is 0.288. The number of rotatable bonds is 2. The third kappa shape index (κ3) is 3.00. The fourth-order valence-electron chi connectivity index (χ4n) is 2.11. The average molecular weight is 166 g/mol. The third-order valence-corrected chi connectivity index (χ3v) is 3.24. The van der Waals surface area contributed by atoms with Crippen LogP contribution in [0.15, 0.2) is 11.6 Å². The Kier molecular flexibility index (Phi) is 3.84. The minimum Gasteiger partial charge on any atom is -0.0887 e. The van der Waals surface area contributed by atoms with Gasteiger partial charge in [-0.1, -0.05) is 31.4 Å². The van der Waals surface area contributed by atoms with Crippen molar-refractivity contribution in [2.24, 2.45) is 11.8 Å². The normalized spacial score (nSPS) is 32.1. The van der Waals surface area contributed by atoms with Crippen molar-refractivity contribution in [1.29, 1.82) is 0 Å². The van der Waals surface area contributed by atoms with E-state index in [4.69, 9.17) is 0 Å². The molecule has 0 spiro atoms. The van der Waals surface area contributed by atoms with Crippen LogP contribution in [0.4, 0.5) is 0 Å². The summed E-state index contributed by atoms with van der Waals surface area (Å²) in [6, 6.07) is 0. The molecule has 0 unspecified atom stereocenters. The van der Waals surface area contributed by atoms with Crippen LogP contribution in [0.25, 0.3) is 0 Å². The Morgan fingerprint density at radius 2 is 1.83 bits per heavy atom. The molecule has 0 bridgehead atoms. The molecule has 0 radical (unpaired) electrons. The fraction of sp³-hybridized carbons (Fsp3) is 0.833. The Labute approximate surface area is 77.1 Å². The minimum absolute atomic E-state index is 0.993. The van der Waals surface area contributed by atoms with Gasteiger partial charge in [-0.2, -0.15) is 0 Å². The lowest BCUT2D eigenvalue weighted by Crippen LogP contribution is -2.12. The van der Waals surface area contributed by atoms with Gasteiger partial charge in [0.2, 0.25) is 0 Å². The molecule has 0 aliphatic heterocycles. The number of hydrogen-bond donors (Lipinski definition) is 0. The zero-order valence-electron chi connectivity index (χ0n) is 8.77. The van der Waals surface area contributed by atoms with E-state index in [9.17, 15) is 0 Å². The van der Waals surface area contributed by atoms with Gasteiger partial charge in [-0.25, -0.2) is 0 Å². The maximum atomic E-state index is 2.39. The summed E-state index contributed by atoms with van der Waals surface area (Å²) in [6.07, 6.45) is 9.46. The smallest absolute Gasteiger partial charge is 0.0295 e. The first-order valence-electron chi connectivity index (χ1n) is 5.34. The van der Waals surface area contributed by atoms with Crippen molar-refractivity contribution in [3.8, 4) is 0 Å². The summed E-state index contributed by atoms with van der Waals surface area (Å²) in [4.78, 5) is 0. The minimum atomic E-state index is 0.993. The van der Waals surface area contributed by atoms with Gasteiger partial charge in [0, 0.05) is 0 Å². The second-order valence-electron chi connectivity index (χ2n) is 4.47. The van der Waals surface area contributed by atoms with Crippen LogP contribution in [0.2, 0.25) is 0 Å². The molecule has 0 aromatic carbocycles. The molecular weight excluding hydrogens is 144 g/mol. The molecule has 0 nitrogen and oxygen atoms in total. The molecule has 0 saturated heterocycles. The van der Waals surface area contributed by atoms with E-state index in [2.05, 4.69) is 26.8 Å². The molecule has 0 atom stereocenters. The molecule has 1 rings (SSSR count). The molecule has 1 fully saturated rings. The van der Waals surface area contributed by atoms with Gasteiger partial charge in [0.1, 0.15) is 0 Å². The zero-order valence-corrected chi connectivity index (χ0v) is 8.77. The van der Waals surface area contributed by atoms with Gasteiger partial charge in [-0.15, -0.1) is 0 Å². The van der Waals surface area contributed by atoms with Gasteiger partial charge in [0.25, 0.3) is 0 Å². The SMILES string of the molecule is C/C=C(\C)C[C@H]1CC[C@H](C)CC1. The summed E-state index contributed by atoms with van der Waals surface area (Å²) in [5.74, 6) is 1.99.